The number of nitrogens with zero attached hydrogens (tertiary/aromatic N) is 2. The van der Waals surface area contributed by atoms with E-state index in [2.05, 4.69) is 30.9 Å². The normalized spacial score (nSPS) is 14.6. The Kier molecular flexibility index (Phi) is 9.25. The molecule has 1 aliphatic rings. The van der Waals surface area contributed by atoms with Gasteiger partial charge in [0.2, 0.25) is 0 Å². The third-order valence-electron chi connectivity index (χ3n) is 4.99. The molecule has 28 heavy (non-hydrogen) atoms. The maximum Gasteiger partial charge on any atom is 0.316 e. The average molecular weight is 423 g/mol. The van der Waals surface area contributed by atoms with Gasteiger partial charge in [0, 0.05) is 26.7 Å². The van der Waals surface area contributed by atoms with Gasteiger partial charge in [-0.05, 0) is 36.3 Å². The van der Waals surface area contributed by atoms with Gasteiger partial charge in [0.05, 0.1) is 5.75 Å². The second-order valence-electron chi connectivity index (χ2n) is 7.30. The molecule has 0 spiro atoms. The zero-order valence-electron chi connectivity index (χ0n) is 17.0. The van der Waals surface area contributed by atoms with Crippen LogP contribution in [0.1, 0.15) is 37.8 Å². The van der Waals surface area contributed by atoms with Crippen molar-refractivity contribution in [3.63, 3.8) is 0 Å². The molecule has 154 valence electrons. The van der Waals surface area contributed by atoms with Crippen LogP contribution in [0, 0.1) is 5.92 Å². The van der Waals surface area contributed by atoms with Gasteiger partial charge >= 0.3 is 5.97 Å². The van der Waals surface area contributed by atoms with Crippen LogP contribution < -0.4 is 0 Å². The van der Waals surface area contributed by atoms with Gasteiger partial charge in [0.25, 0.3) is 5.91 Å². The first-order chi connectivity index (χ1) is 13.4. The maximum absolute atomic E-state index is 12.2. The quantitative estimate of drug-likeness (QED) is 0.495. The zero-order valence-corrected chi connectivity index (χ0v) is 18.6. The van der Waals surface area contributed by atoms with Crippen LogP contribution in [0.15, 0.2) is 24.3 Å². The van der Waals surface area contributed by atoms with Crippen LogP contribution in [0.5, 0.6) is 0 Å². The van der Waals surface area contributed by atoms with Crippen molar-refractivity contribution < 1.29 is 14.3 Å². The molecule has 1 amide bonds. The number of amides is 1. The molecule has 1 saturated heterocycles. The van der Waals surface area contributed by atoms with Gasteiger partial charge in [-0.2, -0.15) is 0 Å². The molecule has 1 aromatic rings. The fourth-order valence-corrected chi connectivity index (χ4v) is 3.99. The number of piperidine rings is 1. The fraction of sp³-hybridized carbons (Fsp3) is 0.571. The van der Waals surface area contributed by atoms with Crippen LogP contribution in [0.2, 0.25) is 0 Å². The number of thioether (sulfide) groups is 1. The van der Waals surface area contributed by atoms with Crippen LogP contribution in [-0.4, -0.2) is 58.5 Å². The number of likely N-dealkylation sites (tertiary alicyclic amines) is 1. The number of carbonyl (C=O) groups excluding carboxylic acids is 2. The molecule has 0 bridgehead atoms. The van der Waals surface area contributed by atoms with Gasteiger partial charge in [0.15, 0.2) is 6.61 Å². The van der Waals surface area contributed by atoms with Gasteiger partial charge in [-0.3, -0.25) is 9.59 Å². The summed E-state index contributed by atoms with van der Waals surface area (Å²) < 4.78 is 5.86. The summed E-state index contributed by atoms with van der Waals surface area (Å²) in [5.41, 5.74) is 2.32. The molecule has 1 aliphatic heterocycles. The van der Waals surface area contributed by atoms with Crippen molar-refractivity contribution in [2.75, 3.05) is 32.5 Å². The lowest BCUT2D eigenvalue weighted by atomic mass is 10.00. The smallest absolute Gasteiger partial charge is 0.316 e. The number of benzene rings is 1. The summed E-state index contributed by atoms with van der Waals surface area (Å²) in [4.78, 5) is 27.9. The minimum absolute atomic E-state index is 0.139. The van der Waals surface area contributed by atoms with E-state index in [9.17, 15) is 9.59 Å². The van der Waals surface area contributed by atoms with Crippen molar-refractivity contribution in [3.8, 4) is 0 Å². The first kappa shape index (κ1) is 22.7. The lowest BCUT2D eigenvalue weighted by molar-refractivity contribution is -0.149. The monoisotopic (exact) mass is 422 g/mol. The Bertz CT molecular complexity index is 671. The van der Waals surface area contributed by atoms with Gasteiger partial charge in [-0.25, -0.2) is 0 Å². The number of thiocarbonyl (C=S) groups is 1. The minimum Gasteiger partial charge on any atom is -0.455 e. The highest BCUT2D eigenvalue weighted by Gasteiger charge is 2.19. The van der Waals surface area contributed by atoms with Gasteiger partial charge < -0.3 is 14.5 Å². The van der Waals surface area contributed by atoms with E-state index < -0.39 is 5.97 Å². The molecule has 0 N–H and O–H groups in total. The Morgan fingerprint density at radius 3 is 2.43 bits per heavy atom. The molecular formula is C21H30N2O3S2. The molecule has 0 saturated carbocycles. The van der Waals surface area contributed by atoms with E-state index in [1.165, 1.54) is 17.3 Å². The molecular weight excluding hydrogens is 392 g/mol. The third kappa shape index (κ3) is 7.43. The molecule has 5 nitrogen and oxygen atoms in total. The van der Waals surface area contributed by atoms with Gasteiger partial charge in [0.1, 0.15) is 4.32 Å². The summed E-state index contributed by atoms with van der Waals surface area (Å²) in [7, 11) is 1.71. The number of hydrogen-bond donors (Lipinski definition) is 0. The van der Waals surface area contributed by atoms with Crippen molar-refractivity contribution in [1.82, 2.24) is 9.80 Å². The largest absolute Gasteiger partial charge is 0.455 e. The highest BCUT2D eigenvalue weighted by Crippen LogP contribution is 2.20. The predicted octanol–water partition coefficient (Wildman–Crippen LogP) is 3.50. The van der Waals surface area contributed by atoms with E-state index in [-0.39, 0.29) is 18.3 Å². The van der Waals surface area contributed by atoms with Crippen molar-refractivity contribution >= 4 is 40.2 Å². The first-order valence-electron chi connectivity index (χ1n) is 9.78. The molecule has 0 unspecified atom stereocenters. The SMILES string of the molecule is CCc1ccc(CN(C)C(=O)COC(=O)CSC(=S)N2CCC(C)CC2)cc1. The zero-order chi connectivity index (χ0) is 20.5. The Balaban J connectivity index is 1.66. The maximum atomic E-state index is 12.2. The van der Waals surface area contributed by atoms with E-state index in [4.69, 9.17) is 17.0 Å². The Labute approximate surface area is 177 Å². The van der Waals surface area contributed by atoms with Crippen molar-refractivity contribution in [2.45, 2.75) is 39.7 Å². The number of aryl methyl sites for hydroxylation is 1. The highest BCUT2D eigenvalue weighted by atomic mass is 32.2. The molecule has 0 aromatic heterocycles. The lowest BCUT2D eigenvalue weighted by Crippen LogP contribution is -2.36. The highest BCUT2D eigenvalue weighted by molar-refractivity contribution is 8.23. The van der Waals surface area contributed by atoms with E-state index in [1.807, 2.05) is 12.1 Å². The number of likely N-dealkylation sites (N-methyl/N-ethyl adjacent to an activating group) is 1. The van der Waals surface area contributed by atoms with Crippen molar-refractivity contribution in [2.24, 2.45) is 5.92 Å². The summed E-state index contributed by atoms with van der Waals surface area (Å²) in [6, 6.07) is 8.18. The molecule has 1 aromatic carbocycles. The Hall–Kier alpha value is -1.60. The molecule has 2 rings (SSSR count). The molecule has 0 radical (unpaired) electrons. The van der Waals surface area contributed by atoms with E-state index in [0.29, 0.717) is 6.54 Å². The number of esters is 1. The second-order valence-corrected chi connectivity index (χ2v) is 8.91. The van der Waals surface area contributed by atoms with Crippen LogP contribution in [0.3, 0.4) is 0 Å². The molecule has 7 heteroatoms. The van der Waals surface area contributed by atoms with E-state index in [0.717, 1.165) is 48.2 Å². The van der Waals surface area contributed by atoms with Crippen LogP contribution in [0.4, 0.5) is 0 Å². The number of ether oxygens (including phenoxy) is 1. The van der Waals surface area contributed by atoms with Crippen molar-refractivity contribution in [3.05, 3.63) is 35.4 Å². The molecule has 0 aliphatic carbocycles. The molecule has 1 heterocycles. The summed E-state index contributed by atoms with van der Waals surface area (Å²) in [5.74, 6) is 0.249. The topological polar surface area (TPSA) is 49.9 Å². The summed E-state index contributed by atoms with van der Waals surface area (Å²) in [5, 5.41) is 0. The first-order valence-corrected chi connectivity index (χ1v) is 11.2. The Morgan fingerprint density at radius 1 is 1.21 bits per heavy atom. The fourth-order valence-electron chi connectivity index (χ4n) is 2.94. The number of hydrogen-bond acceptors (Lipinski definition) is 5. The molecule has 0 atom stereocenters. The van der Waals surface area contributed by atoms with Gasteiger partial charge in [-0.1, -0.05) is 62.1 Å². The van der Waals surface area contributed by atoms with Gasteiger partial charge in [-0.15, -0.1) is 0 Å². The summed E-state index contributed by atoms with van der Waals surface area (Å²) >= 11 is 6.72. The van der Waals surface area contributed by atoms with Crippen LogP contribution in [0.25, 0.3) is 0 Å². The van der Waals surface area contributed by atoms with Crippen LogP contribution in [-0.2, 0) is 27.3 Å². The third-order valence-corrected chi connectivity index (χ3v) is 6.49. The van der Waals surface area contributed by atoms with E-state index in [1.54, 1.807) is 11.9 Å². The summed E-state index contributed by atoms with van der Waals surface area (Å²) in [6.07, 6.45) is 3.25. The lowest BCUT2D eigenvalue weighted by Gasteiger charge is -2.31. The minimum atomic E-state index is -0.410. The van der Waals surface area contributed by atoms with E-state index >= 15 is 0 Å². The van der Waals surface area contributed by atoms with Crippen LogP contribution >= 0.6 is 24.0 Å². The number of rotatable bonds is 7. The second kappa shape index (κ2) is 11.4. The Morgan fingerprint density at radius 2 is 1.82 bits per heavy atom. The molecule has 1 fully saturated rings. The average Bonchev–Trinajstić information content (AvgIpc) is 2.71. The predicted molar refractivity (Wildman–Crippen MR) is 118 cm³/mol. The van der Waals surface area contributed by atoms with Crippen molar-refractivity contribution in [1.29, 1.82) is 0 Å². The summed E-state index contributed by atoms with van der Waals surface area (Å²) in [6.45, 7) is 6.51. The number of carbonyl (C=O) groups is 2. The standard InChI is InChI=1S/C21H30N2O3S2/c1-4-17-5-7-18(8-6-17)13-22(3)19(24)14-26-20(25)15-28-21(27)23-11-9-16(2)10-12-23/h5-8,16H,4,9-15H2,1-3H3.